The Balaban J connectivity index is 1.50. The van der Waals surface area contributed by atoms with Crippen molar-refractivity contribution >= 4 is 23.2 Å². The highest BCUT2D eigenvalue weighted by Crippen LogP contribution is 2.39. The van der Waals surface area contributed by atoms with Gasteiger partial charge in [0.15, 0.2) is 0 Å². The molecule has 2 amide bonds. The van der Waals surface area contributed by atoms with Crippen molar-refractivity contribution < 1.29 is 14.3 Å². The van der Waals surface area contributed by atoms with Crippen LogP contribution in [-0.2, 0) is 0 Å². The average molecular weight is 370 g/mol. The van der Waals surface area contributed by atoms with E-state index in [9.17, 15) is 9.59 Å². The Hall–Kier alpha value is -2.34. The molecule has 1 aromatic carbocycles. The van der Waals surface area contributed by atoms with Crippen molar-refractivity contribution in [3.8, 4) is 5.75 Å². The molecule has 4 rings (SSSR count). The van der Waals surface area contributed by atoms with Crippen LogP contribution in [0.1, 0.15) is 38.4 Å². The van der Waals surface area contributed by atoms with E-state index in [-0.39, 0.29) is 23.9 Å². The molecule has 1 aliphatic carbocycles. The van der Waals surface area contributed by atoms with Crippen molar-refractivity contribution in [1.82, 2.24) is 10.2 Å². The number of benzene rings is 1. The Morgan fingerprint density at radius 1 is 1.27 bits per heavy atom. The Bertz CT molecular complexity index is 834. The fourth-order valence-corrected chi connectivity index (χ4v) is 4.85. The zero-order valence-electron chi connectivity index (χ0n) is 14.9. The number of hydrogen-bond donors (Lipinski definition) is 1. The van der Waals surface area contributed by atoms with E-state index in [1.807, 2.05) is 47.5 Å². The van der Waals surface area contributed by atoms with Crippen molar-refractivity contribution in [3.63, 3.8) is 0 Å². The summed E-state index contributed by atoms with van der Waals surface area (Å²) < 4.78 is 5.23. The van der Waals surface area contributed by atoms with Crippen LogP contribution in [0.4, 0.5) is 0 Å². The second kappa shape index (κ2) is 6.76. The highest BCUT2D eigenvalue weighted by atomic mass is 32.1. The molecule has 26 heavy (non-hydrogen) atoms. The molecular formula is C20H22N2O3S. The lowest BCUT2D eigenvalue weighted by Gasteiger charge is -2.34. The largest absolute Gasteiger partial charge is 0.497 e. The SMILES string of the molecule is COc1ccc(C(=O)N2CC3CC(NC(=O)c4cccs4)C2C3)c(C)c1. The van der Waals surface area contributed by atoms with Crippen molar-refractivity contribution in [3.05, 3.63) is 51.7 Å². The van der Waals surface area contributed by atoms with Gasteiger partial charge in [0, 0.05) is 18.2 Å². The number of carbonyl (C=O) groups excluding carboxylic acids is 2. The molecule has 6 heteroatoms. The van der Waals surface area contributed by atoms with Crippen molar-refractivity contribution in [2.24, 2.45) is 5.92 Å². The standard InChI is InChI=1S/C20H22N2O3S/c1-12-8-14(25-2)5-6-15(12)20(24)22-11-13-9-16(17(22)10-13)21-19(23)18-4-3-7-26-18/h3-8,13,16-17H,9-11H2,1-2H3,(H,21,23). The van der Waals surface area contributed by atoms with Crippen LogP contribution in [-0.4, -0.2) is 42.5 Å². The van der Waals surface area contributed by atoms with Gasteiger partial charge in [-0.2, -0.15) is 0 Å². The van der Waals surface area contributed by atoms with E-state index in [4.69, 9.17) is 4.74 Å². The molecule has 3 unspecified atom stereocenters. The number of piperidine rings is 1. The summed E-state index contributed by atoms with van der Waals surface area (Å²) in [5.41, 5.74) is 1.62. The van der Waals surface area contributed by atoms with Crippen molar-refractivity contribution in [1.29, 1.82) is 0 Å². The van der Waals surface area contributed by atoms with E-state index >= 15 is 0 Å². The minimum Gasteiger partial charge on any atom is -0.497 e. The van der Waals surface area contributed by atoms with E-state index in [0.29, 0.717) is 11.5 Å². The first-order valence-electron chi connectivity index (χ1n) is 8.87. The van der Waals surface area contributed by atoms with Crippen molar-refractivity contribution in [2.45, 2.75) is 31.8 Å². The zero-order valence-corrected chi connectivity index (χ0v) is 15.7. The first kappa shape index (κ1) is 17.1. The van der Waals surface area contributed by atoms with Gasteiger partial charge in [0.25, 0.3) is 11.8 Å². The number of fused-ring (bicyclic) bond motifs is 2. The number of carbonyl (C=O) groups is 2. The number of aryl methyl sites for hydroxylation is 1. The third-order valence-electron chi connectivity index (χ3n) is 5.47. The molecule has 3 atom stereocenters. The fraction of sp³-hybridized carbons (Fsp3) is 0.400. The second-order valence-corrected chi connectivity index (χ2v) is 8.05. The molecule has 2 bridgehead atoms. The van der Waals surface area contributed by atoms with Crippen LogP contribution in [0.3, 0.4) is 0 Å². The molecular weight excluding hydrogens is 348 g/mol. The lowest BCUT2D eigenvalue weighted by molar-refractivity contribution is 0.0648. The zero-order chi connectivity index (χ0) is 18.3. The van der Waals surface area contributed by atoms with E-state index in [1.54, 1.807) is 7.11 Å². The molecule has 1 aromatic heterocycles. The molecule has 5 nitrogen and oxygen atoms in total. The minimum absolute atomic E-state index is 0.0332. The molecule has 2 fully saturated rings. The molecule has 0 spiro atoms. The van der Waals surface area contributed by atoms with Gasteiger partial charge in [-0.25, -0.2) is 0 Å². The molecule has 1 saturated heterocycles. The van der Waals surface area contributed by atoms with Gasteiger partial charge in [0.1, 0.15) is 5.75 Å². The maximum Gasteiger partial charge on any atom is 0.261 e. The Morgan fingerprint density at radius 2 is 2.12 bits per heavy atom. The first-order valence-corrected chi connectivity index (χ1v) is 9.74. The number of ether oxygens (including phenoxy) is 1. The Labute approximate surface area is 157 Å². The minimum atomic E-state index is -0.0365. The van der Waals surface area contributed by atoms with Gasteiger partial charge in [-0.3, -0.25) is 9.59 Å². The van der Waals surface area contributed by atoms with Crippen LogP contribution in [0.25, 0.3) is 0 Å². The summed E-state index contributed by atoms with van der Waals surface area (Å²) in [6, 6.07) is 9.37. The monoisotopic (exact) mass is 370 g/mol. The summed E-state index contributed by atoms with van der Waals surface area (Å²) in [4.78, 5) is 28.1. The molecule has 2 aromatic rings. The third kappa shape index (κ3) is 2.98. The Morgan fingerprint density at radius 3 is 2.77 bits per heavy atom. The van der Waals surface area contributed by atoms with E-state index in [2.05, 4.69) is 5.32 Å². The van der Waals surface area contributed by atoms with Crippen LogP contribution in [0, 0.1) is 12.8 Å². The second-order valence-electron chi connectivity index (χ2n) is 7.10. The predicted molar refractivity (Wildman–Crippen MR) is 101 cm³/mol. The highest BCUT2D eigenvalue weighted by Gasteiger charge is 2.47. The number of nitrogens with zero attached hydrogens (tertiary/aromatic N) is 1. The number of likely N-dealkylation sites (tertiary alicyclic amines) is 1. The van der Waals surface area contributed by atoms with Crippen molar-refractivity contribution in [2.75, 3.05) is 13.7 Å². The number of methoxy groups -OCH3 is 1. The predicted octanol–water partition coefficient (Wildman–Crippen LogP) is 3.10. The summed E-state index contributed by atoms with van der Waals surface area (Å²) >= 11 is 1.44. The number of nitrogens with one attached hydrogen (secondary N) is 1. The first-order chi connectivity index (χ1) is 12.6. The van der Waals surface area contributed by atoms with Gasteiger partial charge in [0.2, 0.25) is 0 Å². The number of rotatable bonds is 4. The number of thiophene rings is 1. The van der Waals surface area contributed by atoms with Gasteiger partial charge in [-0.15, -0.1) is 11.3 Å². The maximum atomic E-state index is 13.1. The Kier molecular flexibility index (Phi) is 4.44. The van der Waals surface area contributed by atoms with Gasteiger partial charge in [0.05, 0.1) is 18.0 Å². The lowest BCUT2D eigenvalue weighted by Crippen LogP contribution is -2.52. The molecule has 2 aliphatic rings. The van der Waals surface area contributed by atoms with E-state index in [0.717, 1.165) is 35.6 Å². The maximum absolute atomic E-state index is 13.1. The van der Waals surface area contributed by atoms with Gasteiger partial charge in [-0.05, 0) is 60.9 Å². The normalized spacial score (nSPS) is 23.9. The summed E-state index contributed by atoms with van der Waals surface area (Å²) in [6.45, 7) is 2.71. The molecule has 0 radical (unpaired) electrons. The smallest absolute Gasteiger partial charge is 0.261 e. The summed E-state index contributed by atoms with van der Waals surface area (Å²) in [5, 5.41) is 5.04. The van der Waals surface area contributed by atoms with Crippen LogP contribution in [0.15, 0.2) is 35.7 Å². The molecule has 1 N–H and O–H groups in total. The molecule has 2 heterocycles. The van der Waals surface area contributed by atoms with Crippen LogP contribution < -0.4 is 10.1 Å². The molecule has 1 saturated carbocycles. The van der Waals surface area contributed by atoms with Crippen LogP contribution in [0.2, 0.25) is 0 Å². The number of amides is 2. The molecule has 1 aliphatic heterocycles. The van der Waals surface area contributed by atoms with Gasteiger partial charge < -0.3 is 15.0 Å². The summed E-state index contributed by atoms with van der Waals surface area (Å²) in [7, 11) is 1.62. The van der Waals surface area contributed by atoms with E-state index < -0.39 is 0 Å². The van der Waals surface area contributed by atoms with Gasteiger partial charge in [-0.1, -0.05) is 6.07 Å². The van der Waals surface area contributed by atoms with Crippen LogP contribution >= 0.6 is 11.3 Å². The number of hydrogen-bond acceptors (Lipinski definition) is 4. The third-order valence-corrected chi connectivity index (χ3v) is 6.34. The quantitative estimate of drug-likeness (QED) is 0.900. The van der Waals surface area contributed by atoms with Crippen LogP contribution in [0.5, 0.6) is 5.75 Å². The average Bonchev–Trinajstić information content (AvgIpc) is 3.37. The van der Waals surface area contributed by atoms with Gasteiger partial charge >= 0.3 is 0 Å². The molecule has 136 valence electrons. The topological polar surface area (TPSA) is 58.6 Å². The highest BCUT2D eigenvalue weighted by molar-refractivity contribution is 7.12. The fourth-order valence-electron chi connectivity index (χ4n) is 4.22. The van der Waals surface area contributed by atoms with E-state index in [1.165, 1.54) is 11.3 Å². The summed E-state index contributed by atoms with van der Waals surface area (Å²) in [5.74, 6) is 1.23. The summed E-state index contributed by atoms with van der Waals surface area (Å²) in [6.07, 6.45) is 1.92. The lowest BCUT2D eigenvalue weighted by atomic mass is 10.0.